The van der Waals surface area contributed by atoms with Gasteiger partial charge in [-0.25, -0.2) is 0 Å². The first-order valence-electron chi connectivity index (χ1n) is 12.3. The van der Waals surface area contributed by atoms with Gasteiger partial charge >= 0.3 is 6.18 Å². The van der Waals surface area contributed by atoms with Crippen LogP contribution in [0.1, 0.15) is 21.5 Å². The number of amides is 3. The van der Waals surface area contributed by atoms with Gasteiger partial charge in [0.25, 0.3) is 11.8 Å². The lowest BCUT2D eigenvalue weighted by Crippen LogP contribution is -2.30. The second-order valence-electron chi connectivity index (χ2n) is 8.68. The van der Waals surface area contributed by atoms with E-state index in [0.29, 0.717) is 21.7 Å². The van der Waals surface area contributed by atoms with E-state index in [-0.39, 0.29) is 22.2 Å². The molecule has 0 saturated carbocycles. The summed E-state index contributed by atoms with van der Waals surface area (Å²) in [5.74, 6) is -1.77. The number of carbonyl (C=O) groups is 3. The molecule has 3 aromatic carbocycles. The van der Waals surface area contributed by atoms with Gasteiger partial charge in [-0.05, 0) is 66.2 Å². The fraction of sp³-hybridized carbons (Fsp3) is 0.0667. The van der Waals surface area contributed by atoms with Gasteiger partial charge in [-0.3, -0.25) is 19.4 Å². The maximum absolute atomic E-state index is 13.2. The van der Waals surface area contributed by atoms with Crippen LogP contribution in [-0.4, -0.2) is 28.5 Å². The van der Waals surface area contributed by atoms with Crippen LogP contribution in [0.25, 0.3) is 6.08 Å². The molecule has 1 aromatic heterocycles. The van der Waals surface area contributed by atoms with Crippen molar-refractivity contribution in [1.29, 1.82) is 0 Å². The van der Waals surface area contributed by atoms with Crippen molar-refractivity contribution in [1.82, 2.24) is 10.3 Å². The van der Waals surface area contributed by atoms with Gasteiger partial charge in [-0.15, -0.1) is 11.8 Å². The van der Waals surface area contributed by atoms with Gasteiger partial charge in [0.1, 0.15) is 5.70 Å². The number of hydrogen-bond donors (Lipinski definition) is 3. The third-order valence-corrected chi connectivity index (χ3v) is 6.88. The summed E-state index contributed by atoms with van der Waals surface area (Å²) in [5, 5.41) is 7.74. The van der Waals surface area contributed by atoms with Gasteiger partial charge in [0.05, 0.1) is 22.0 Å². The van der Waals surface area contributed by atoms with Crippen molar-refractivity contribution in [3.8, 4) is 0 Å². The third kappa shape index (κ3) is 8.69. The highest BCUT2D eigenvalue weighted by Gasteiger charge is 2.31. The molecule has 0 atom stereocenters. The fourth-order valence-corrected chi connectivity index (χ4v) is 4.48. The van der Waals surface area contributed by atoms with E-state index in [4.69, 9.17) is 11.6 Å². The van der Waals surface area contributed by atoms with Gasteiger partial charge in [-0.1, -0.05) is 41.9 Å². The largest absolute Gasteiger partial charge is 0.416 e. The number of hydrogen-bond acceptors (Lipinski definition) is 5. The minimum Gasteiger partial charge on any atom is -0.324 e. The molecule has 214 valence electrons. The lowest BCUT2D eigenvalue weighted by atomic mass is 10.2. The number of rotatable bonds is 9. The number of pyridine rings is 1. The first kappa shape index (κ1) is 30.4. The highest BCUT2D eigenvalue weighted by Crippen LogP contribution is 2.34. The molecule has 12 heteroatoms. The number of anilines is 2. The van der Waals surface area contributed by atoms with Crippen LogP contribution >= 0.6 is 23.4 Å². The minimum absolute atomic E-state index is 0.0211. The predicted octanol–water partition coefficient (Wildman–Crippen LogP) is 6.89. The quantitative estimate of drug-likeness (QED) is 0.141. The van der Waals surface area contributed by atoms with E-state index in [1.165, 1.54) is 12.3 Å². The van der Waals surface area contributed by atoms with Crippen molar-refractivity contribution in [3.05, 3.63) is 125 Å². The summed E-state index contributed by atoms with van der Waals surface area (Å²) in [5.41, 5.74) is 0.237. The Bertz CT molecular complexity index is 1620. The van der Waals surface area contributed by atoms with E-state index >= 15 is 0 Å². The summed E-state index contributed by atoms with van der Waals surface area (Å²) in [6.45, 7) is 0. The molecule has 4 aromatic rings. The van der Waals surface area contributed by atoms with E-state index in [2.05, 4.69) is 20.9 Å². The second-order valence-corrected chi connectivity index (χ2v) is 10.1. The maximum atomic E-state index is 13.2. The van der Waals surface area contributed by atoms with Crippen molar-refractivity contribution in [3.63, 3.8) is 0 Å². The Hall–Kier alpha value is -4.61. The predicted molar refractivity (Wildman–Crippen MR) is 157 cm³/mol. The van der Waals surface area contributed by atoms with E-state index in [1.54, 1.807) is 72.9 Å². The number of aromatic nitrogens is 1. The highest BCUT2D eigenvalue weighted by molar-refractivity contribution is 8.00. The number of alkyl halides is 3. The zero-order valence-electron chi connectivity index (χ0n) is 21.6. The van der Waals surface area contributed by atoms with Crippen molar-refractivity contribution < 1.29 is 27.6 Å². The van der Waals surface area contributed by atoms with Crippen LogP contribution in [0.3, 0.4) is 0 Å². The maximum Gasteiger partial charge on any atom is 0.416 e. The molecule has 0 aliphatic rings. The molecule has 0 bridgehead atoms. The van der Waals surface area contributed by atoms with Crippen molar-refractivity contribution >= 4 is 58.5 Å². The van der Waals surface area contributed by atoms with Gasteiger partial charge in [0.2, 0.25) is 5.91 Å². The molecule has 7 nitrogen and oxygen atoms in total. The average Bonchev–Trinajstić information content (AvgIpc) is 2.97. The number of benzene rings is 3. The number of nitrogens with one attached hydrogen (secondary N) is 3. The summed E-state index contributed by atoms with van der Waals surface area (Å²) >= 11 is 7.06. The minimum atomic E-state index is -4.58. The van der Waals surface area contributed by atoms with Crippen molar-refractivity contribution in [2.45, 2.75) is 11.1 Å². The molecule has 4 rings (SSSR count). The van der Waals surface area contributed by atoms with Crippen LogP contribution in [0.15, 0.2) is 108 Å². The Balaban J connectivity index is 1.43. The summed E-state index contributed by atoms with van der Waals surface area (Å²) in [4.78, 5) is 43.1. The van der Waals surface area contributed by atoms with Crippen molar-refractivity contribution in [2.75, 3.05) is 16.4 Å². The number of nitrogens with zero attached hydrogens (tertiary/aromatic N) is 1. The Morgan fingerprint density at radius 2 is 1.69 bits per heavy atom. The number of halogens is 4. The second kappa shape index (κ2) is 13.8. The molecular weight excluding hydrogens is 589 g/mol. The first-order chi connectivity index (χ1) is 20.1. The first-order valence-corrected chi connectivity index (χ1v) is 13.6. The van der Waals surface area contributed by atoms with Crippen LogP contribution in [-0.2, 0) is 15.8 Å². The monoisotopic (exact) mass is 610 g/mol. The molecular formula is C30H22ClF3N4O3S. The normalized spacial score (nSPS) is 11.5. The molecule has 42 heavy (non-hydrogen) atoms. The molecule has 1 heterocycles. The Kier molecular flexibility index (Phi) is 10.00. The average molecular weight is 611 g/mol. The molecule has 0 aliphatic heterocycles. The summed E-state index contributed by atoms with van der Waals surface area (Å²) in [7, 11) is 0. The van der Waals surface area contributed by atoms with E-state index in [9.17, 15) is 27.6 Å². The Morgan fingerprint density at radius 3 is 2.40 bits per heavy atom. The van der Waals surface area contributed by atoms with E-state index < -0.39 is 29.5 Å². The topological polar surface area (TPSA) is 100 Å². The number of thioether (sulfide) groups is 1. The molecule has 0 fully saturated rings. The van der Waals surface area contributed by atoms with Crippen LogP contribution < -0.4 is 16.0 Å². The Morgan fingerprint density at radius 1 is 0.905 bits per heavy atom. The molecule has 3 N–H and O–H groups in total. The van der Waals surface area contributed by atoms with Crippen molar-refractivity contribution in [2.24, 2.45) is 0 Å². The summed E-state index contributed by atoms with van der Waals surface area (Å²) < 4.78 is 39.1. The zero-order valence-corrected chi connectivity index (χ0v) is 23.2. The van der Waals surface area contributed by atoms with Crippen LogP contribution in [0.4, 0.5) is 24.5 Å². The van der Waals surface area contributed by atoms with Crippen LogP contribution in [0, 0.1) is 0 Å². The van der Waals surface area contributed by atoms with Crippen LogP contribution in [0.2, 0.25) is 5.02 Å². The molecule has 3 amide bonds. The molecule has 0 aliphatic carbocycles. The fourth-order valence-electron chi connectivity index (χ4n) is 3.57. The van der Waals surface area contributed by atoms with E-state index in [0.717, 1.165) is 30.0 Å². The smallest absolute Gasteiger partial charge is 0.324 e. The van der Waals surface area contributed by atoms with E-state index in [1.807, 2.05) is 0 Å². The van der Waals surface area contributed by atoms with Gasteiger partial charge < -0.3 is 16.0 Å². The van der Waals surface area contributed by atoms with Crippen LogP contribution in [0.5, 0.6) is 0 Å². The zero-order chi connectivity index (χ0) is 30.1. The molecule has 0 unspecified atom stereocenters. The summed E-state index contributed by atoms with van der Waals surface area (Å²) in [6, 6.07) is 21.1. The van der Waals surface area contributed by atoms with Gasteiger partial charge in [0, 0.05) is 28.5 Å². The lowest BCUT2D eigenvalue weighted by Gasteiger charge is -2.13. The van der Waals surface area contributed by atoms with Gasteiger partial charge in [0.15, 0.2) is 0 Å². The summed E-state index contributed by atoms with van der Waals surface area (Å²) in [6.07, 6.45) is 0.0280. The molecule has 0 saturated heterocycles. The molecule has 0 radical (unpaired) electrons. The van der Waals surface area contributed by atoms with Gasteiger partial charge in [-0.2, -0.15) is 13.2 Å². The SMILES string of the molecule is O=C(CSc1cccc(NC(=O)/C(=C/c2cccnc2)NC(=O)c2ccccc2)c1)Nc1cc(C(F)(F)F)ccc1Cl. The lowest BCUT2D eigenvalue weighted by molar-refractivity contribution is -0.137. The molecule has 0 spiro atoms. The standard InChI is InChI=1S/C30H22ClF3N4O3S/c31-24-12-11-21(30(32,33)34)15-25(24)37-27(39)18-42-23-10-4-9-22(16-23)36-29(41)26(14-19-6-5-13-35-17-19)38-28(40)20-7-2-1-3-8-20/h1-17H,18H2,(H,36,41)(H,37,39)(H,38,40)/b26-14-. The third-order valence-electron chi connectivity index (χ3n) is 5.55. The number of carbonyl (C=O) groups excluding carboxylic acids is 3. The Labute approximate surface area is 248 Å². The highest BCUT2D eigenvalue weighted by atomic mass is 35.5.